The molecule has 0 aromatic carbocycles. The van der Waals surface area contributed by atoms with E-state index in [9.17, 15) is 4.79 Å². The van der Waals surface area contributed by atoms with E-state index in [4.69, 9.17) is 17.3 Å². The van der Waals surface area contributed by atoms with E-state index in [1.165, 1.54) is 0 Å². The molecule has 0 radical (unpaired) electrons. The fraction of sp³-hybridized carbons (Fsp3) is 0.750. The summed E-state index contributed by atoms with van der Waals surface area (Å²) in [6.45, 7) is 9.15. The number of nitrogens with two attached hydrogens (primary N) is 1. The van der Waals surface area contributed by atoms with Gasteiger partial charge in [-0.15, -0.1) is 0 Å². The Kier molecular flexibility index (Phi) is 6.41. The van der Waals surface area contributed by atoms with Crippen LogP contribution < -0.4 is 5.73 Å². The molecule has 1 rings (SSSR count). The molecule has 0 spiro atoms. The summed E-state index contributed by atoms with van der Waals surface area (Å²) in [7, 11) is 1.83. The van der Waals surface area contributed by atoms with E-state index >= 15 is 0 Å². The minimum atomic E-state index is 0.181. The smallest absolute Gasteiger partial charge is 0.138 e. The average Bonchev–Trinajstić information content (AvgIpc) is 2.60. The van der Waals surface area contributed by atoms with Crippen LogP contribution in [0, 0.1) is 18.3 Å². The van der Waals surface area contributed by atoms with Crippen molar-refractivity contribution in [3.63, 3.8) is 0 Å². The molecule has 1 aromatic rings. The maximum absolute atomic E-state index is 12.2. The summed E-state index contributed by atoms with van der Waals surface area (Å²) in [6, 6.07) is 0. The molecule has 0 fully saturated rings. The number of rotatable bonds is 7. The first-order valence-electron chi connectivity index (χ1n) is 7.56. The lowest BCUT2D eigenvalue weighted by molar-refractivity contribution is -0.119. The predicted molar refractivity (Wildman–Crippen MR) is 87.5 cm³/mol. The fourth-order valence-electron chi connectivity index (χ4n) is 2.69. The van der Waals surface area contributed by atoms with Crippen molar-refractivity contribution < 1.29 is 4.79 Å². The van der Waals surface area contributed by atoms with E-state index in [0.29, 0.717) is 30.3 Å². The maximum Gasteiger partial charge on any atom is 0.138 e. The van der Waals surface area contributed by atoms with Crippen LogP contribution in [-0.4, -0.2) is 22.1 Å². The second-order valence-electron chi connectivity index (χ2n) is 6.86. The Balaban J connectivity index is 2.61. The summed E-state index contributed by atoms with van der Waals surface area (Å²) in [5, 5.41) is 4.85. The summed E-state index contributed by atoms with van der Waals surface area (Å²) in [5.41, 5.74) is 7.45. The number of hydrogen-bond acceptors (Lipinski definition) is 3. The minimum absolute atomic E-state index is 0.181. The van der Waals surface area contributed by atoms with Crippen molar-refractivity contribution in [3.05, 3.63) is 16.4 Å². The van der Waals surface area contributed by atoms with Gasteiger partial charge in [0.25, 0.3) is 0 Å². The third kappa shape index (κ3) is 5.11. The van der Waals surface area contributed by atoms with Crippen molar-refractivity contribution in [2.45, 2.75) is 53.4 Å². The summed E-state index contributed by atoms with van der Waals surface area (Å²) >= 11 is 6.19. The first-order chi connectivity index (χ1) is 9.66. The Morgan fingerprint density at radius 2 is 2.00 bits per heavy atom. The van der Waals surface area contributed by atoms with Crippen molar-refractivity contribution in [1.29, 1.82) is 0 Å². The monoisotopic (exact) mass is 313 g/mol. The van der Waals surface area contributed by atoms with Crippen LogP contribution >= 0.6 is 11.6 Å². The standard InChI is InChI=1S/C16H28ClN3O/c1-11-15(17)14(20(5)19-11)10-13(21)7-6-12(8-9-18)16(2,3)4/h12H,6-10,18H2,1-5H3. The van der Waals surface area contributed by atoms with Crippen LogP contribution in [-0.2, 0) is 18.3 Å². The molecule has 5 heteroatoms. The minimum Gasteiger partial charge on any atom is -0.330 e. The highest BCUT2D eigenvalue weighted by Crippen LogP contribution is 2.32. The first kappa shape index (κ1) is 18.2. The molecule has 4 nitrogen and oxygen atoms in total. The number of nitrogens with zero attached hydrogens (tertiary/aromatic N) is 2. The normalized spacial score (nSPS) is 13.5. The van der Waals surface area contributed by atoms with Gasteiger partial charge in [-0.1, -0.05) is 32.4 Å². The number of carbonyl (C=O) groups excluding carboxylic acids is 1. The number of ketones is 1. The number of carbonyl (C=O) groups is 1. The molecule has 0 aliphatic rings. The zero-order valence-electron chi connectivity index (χ0n) is 13.9. The summed E-state index contributed by atoms with van der Waals surface area (Å²) in [4.78, 5) is 12.2. The van der Waals surface area contributed by atoms with Crippen LogP contribution in [0.25, 0.3) is 0 Å². The number of halogens is 1. The quantitative estimate of drug-likeness (QED) is 0.840. The molecular formula is C16H28ClN3O. The van der Waals surface area contributed by atoms with E-state index in [2.05, 4.69) is 25.9 Å². The van der Waals surface area contributed by atoms with E-state index < -0.39 is 0 Å². The Labute approximate surface area is 133 Å². The fourth-order valence-corrected chi connectivity index (χ4v) is 2.92. The summed E-state index contributed by atoms with van der Waals surface area (Å²) in [6.07, 6.45) is 2.77. The van der Waals surface area contributed by atoms with E-state index in [1.54, 1.807) is 4.68 Å². The van der Waals surface area contributed by atoms with Crippen molar-refractivity contribution >= 4 is 17.4 Å². The van der Waals surface area contributed by atoms with Gasteiger partial charge in [-0.05, 0) is 37.6 Å². The van der Waals surface area contributed by atoms with Gasteiger partial charge in [0.15, 0.2) is 0 Å². The molecule has 0 aliphatic heterocycles. The van der Waals surface area contributed by atoms with E-state index in [0.717, 1.165) is 24.2 Å². The van der Waals surface area contributed by atoms with E-state index in [1.807, 2.05) is 14.0 Å². The van der Waals surface area contributed by atoms with Gasteiger partial charge in [0.1, 0.15) is 5.78 Å². The van der Waals surface area contributed by atoms with Gasteiger partial charge in [0, 0.05) is 19.9 Å². The molecule has 2 N–H and O–H groups in total. The van der Waals surface area contributed by atoms with Crippen molar-refractivity contribution in [3.8, 4) is 0 Å². The maximum atomic E-state index is 12.2. The highest BCUT2D eigenvalue weighted by molar-refractivity contribution is 6.32. The number of aromatic nitrogens is 2. The van der Waals surface area contributed by atoms with Gasteiger partial charge in [0.2, 0.25) is 0 Å². The summed E-state index contributed by atoms with van der Waals surface area (Å²) in [5.74, 6) is 0.682. The van der Waals surface area contributed by atoms with Gasteiger partial charge in [-0.3, -0.25) is 9.48 Å². The lowest BCUT2D eigenvalue weighted by Gasteiger charge is -2.30. The Morgan fingerprint density at radius 1 is 1.38 bits per heavy atom. The molecule has 1 unspecified atom stereocenters. The zero-order valence-corrected chi connectivity index (χ0v) is 14.6. The highest BCUT2D eigenvalue weighted by Gasteiger charge is 2.24. The number of Topliss-reactive ketones (excluding diaryl/α,β-unsaturated/α-hetero) is 1. The largest absolute Gasteiger partial charge is 0.330 e. The Hall–Kier alpha value is -0.870. The number of hydrogen-bond donors (Lipinski definition) is 1. The lowest BCUT2D eigenvalue weighted by atomic mass is 9.76. The first-order valence-corrected chi connectivity index (χ1v) is 7.94. The van der Waals surface area contributed by atoms with Gasteiger partial charge < -0.3 is 5.73 Å². The second-order valence-corrected chi connectivity index (χ2v) is 7.24. The molecule has 1 heterocycles. The second kappa shape index (κ2) is 7.41. The number of aryl methyl sites for hydroxylation is 2. The van der Waals surface area contributed by atoms with Crippen LogP contribution in [0.5, 0.6) is 0 Å². The topological polar surface area (TPSA) is 60.9 Å². The molecule has 1 atom stereocenters. The molecule has 0 saturated heterocycles. The average molecular weight is 314 g/mol. The van der Waals surface area contributed by atoms with Gasteiger partial charge >= 0.3 is 0 Å². The lowest BCUT2D eigenvalue weighted by Crippen LogP contribution is -2.24. The van der Waals surface area contributed by atoms with Crippen LogP contribution in [0.15, 0.2) is 0 Å². The van der Waals surface area contributed by atoms with Crippen LogP contribution in [0.1, 0.15) is 51.4 Å². The van der Waals surface area contributed by atoms with Crippen LogP contribution in [0.4, 0.5) is 0 Å². The van der Waals surface area contributed by atoms with Crippen LogP contribution in [0.2, 0.25) is 5.02 Å². The third-order valence-corrected chi connectivity index (χ3v) is 4.63. The molecule has 1 aromatic heterocycles. The van der Waals surface area contributed by atoms with Crippen molar-refractivity contribution in [1.82, 2.24) is 9.78 Å². The molecule has 0 aliphatic carbocycles. The highest BCUT2D eigenvalue weighted by atomic mass is 35.5. The SMILES string of the molecule is Cc1nn(C)c(CC(=O)CCC(CCN)C(C)(C)C)c1Cl. The predicted octanol–water partition coefficient (Wildman–Crippen LogP) is 3.28. The third-order valence-electron chi connectivity index (χ3n) is 4.14. The van der Waals surface area contributed by atoms with Crippen molar-refractivity contribution in [2.24, 2.45) is 24.1 Å². The molecule has 120 valence electrons. The molecule has 0 bridgehead atoms. The Morgan fingerprint density at radius 3 is 2.43 bits per heavy atom. The molecule has 0 amide bonds. The molecule has 0 saturated carbocycles. The zero-order chi connectivity index (χ0) is 16.2. The Bertz CT molecular complexity index is 488. The van der Waals surface area contributed by atoms with Gasteiger partial charge in [-0.2, -0.15) is 5.10 Å². The summed E-state index contributed by atoms with van der Waals surface area (Å²) < 4.78 is 1.71. The van der Waals surface area contributed by atoms with Crippen LogP contribution in [0.3, 0.4) is 0 Å². The van der Waals surface area contributed by atoms with E-state index in [-0.39, 0.29) is 11.2 Å². The van der Waals surface area contributed by atoms with Gasteiger partial charge in [-0.25, -0.2) is 0 Å². The molecule has 21 heavy (non-hydrogen) atoms. The molecular weight excluding hydrogens is 286 g/mol. The van der Waals surface area contributed by atoms with Gasteiger partial charge in [0.05, 0.1) is 16.4 Å². The van der Waals surface area contributed by atoms with Crippen molar-refractivity contribution in [2.75, 3.05) is 6.54 Å².